The number of carbonyl (C=O) groups is 1. The van der Waals surface area contributed by atoms with Crippen molar-refractivity contribution in [3.05, 3.63) is 28.8 Å². The summed E-state index contributed by atoms with van der Waals surface area (Å²) in [5.41, 5.74) is 0.481. The zero-order valence-electron chi connectivity index (χ0n) is 9.63. The van der Waals surface area contributed by atoms with Crippen molar-refractivity contribution in [3.8, 4) is 5.75 Å². The smallest absolute Gasteiger partial charge is 0.255 e. The molecule has 0 aliphatic carbocycles. The predicted molar refractivity (Wildman–Crippen MR) is 78.5 cm³/mol. The number of hydrogen-bond acceptors (Lipinski definition) is 2. The van der Waals surface area contributed by atoms with Gasteiger partial charge in [-0.3, -0.25) is 4.79 Å². The number of carbonyl (C=O) groups excluding carboxylic acids is 1. The van der Waals surface area contributed by atoms with Gasteiger partial charge in [0.05, 0.1) is 12.7 Å². The molecule has 17 heavy (non-hydrogen) atoms. The molecule has 0 unspecified atom stereocenters. The Labute approximate surface area is 120 Å². The second-order valence-electron chi connectivity index (χ2n) is 3.50. The number of halogens is 2. The first-order valence-electron chi connectivity index (χ1n) is 5.36. The SMILES string of the molecule is COc1ccc(Cl)cc1C(=O)NCCCCI. The van der Waals surface area contributed by atoms with Gasteiger partial charge in [0.2, 0.25) is 0 Å². The first kappa shape index (κ1) is 14.6. The Morgan fingerprint density at radius 1 is 1.47 bits per heavy atom. The Kier molecular flexibility index (Phi) is 6.65. The van der Waals surface area contributed by atoms with Gasteiger partial charge in [-0.15, -0.1) is 0 Å². The minimum Gasteiger partial charge on any atom is -0.496 e. The maximum Gasteiger partial charge on any atom is 0.255 e. The minimum absolute atomic E-state index is 0.141. The number of nitrogens with one attached hydrogen (secondary N) is 1. The summed E-state index contributed by atoms with van der Waals surface area (Å²) in [6.45, 7) is 0.678. The monoisotopic (exact) mass is 367 g/mol. The zero-order valence-corrected chi connectivity index (χ0v) is 12.5. The number of hydrogen-bond donors (Lipinski definition) is 1. The molecule has 0 saturated carbocycles. The Morgan fingerprint density at radius 3 is 2.88 bits per heavy atom. The molecular formula is C12H15ClINO2. The molecule has 1 aromatic rings. The molecule has 0 heterocycles. The molecule has 3 nitrogen and oxygen atoms in total. The summed E-state index contributed by atoms with van der Waals surface area (Å²) in [6, 6.07) is 5.02. The van der Waals surface area contributed by atoms with E-state index in [1.54, 1.807) is 18.2 Å². The lowest BCUT2D eigenvalue weighted by Crippen LogP contribution is -2.25. The number of amides is 1. The molecule has 1 N–H and O–H groups in total. The van der Waals surface area contributed by atoms with Crippen LogP contribution in [0.4, 0.5) is 0 Å². The fourth-order valence-electron chi connectivity index (χ4n) is 1.37. The van der Waals surface area contributed by atoms with Gasteiger partial charge < -0.3 is 10.1 Å². The van der Waals surface area contributed by atoms with Crippen molar-refractivity contribution >= 4 is 40.1 Å². The molecule has 1 rings (SSSR count). The maximum absolute atomic E-state index is 11.9. The number of benzene rings is 1. The van der Waals surface area contributed by atoms with E-state index in [9.17, 15) is 4.79 Å². The van der Waals surface area contributed by atoms with Crippen LogP contribution in [0.25, 0.3) is 0 Å². The number of rotatable bonds is 6. The Hall–Kier alpha value is -0.490. The van der Waals surface area contributed by atoms with E-state index < -0.39 is 0 Å². The third-order valence-electron chi connectivity index (χ3n) is 2.25. The van der Waals surface area contributed by atoms with Crippen LogP contribution in [0.5, 0.6) is 5.75 Å². The van der Waals surface area contributed by atoms with Crippen LogP contribution in [0.1, 0.15) is 23.2 Å². The predicted octanol–water partition coefficient (Wildman–Crippen LogP) is 3.29. The number of ether oxygens (including phenoxy) is 1. The molecule has 0 saturated heterocycles. The highest BCUT2D eigenvalue weighted by atomic mass is 127. The standard InChI is InChI=1S/C12H15ClINO2/c1-17-11-5-4-9(13)8-10(11)12(16)15-7-3-2-6-14/h4-5,8H,2-3,6-7H2,1H3,(H,15,16). The van der Waals surface area contributed by atoms with Crippen LogP contribution in [0.15, 0.2) is 18.2 Å². The van der Waals surface area contributed by atoms with Gasteiger partial charge in [-0.1, -0.05) is 34.2 Å². The van der Waals surface area contributed by atoms with Gasteiger partial charge in [0.1, 0.15) is 5.75 Å². The molecule has 0 bridgehead atoms. The van der Waals surface area contributed by atoms with Gasteiger partial charge in [0.15, 0.2) is 0 Å². The normalized spacial score (nSPS) is 10.1. The first-order valence-corrected chi connectivity index (χ1v) is 7.27. The summed E-state index contributed by atoms with van der Waals surface area (Å²) in [7, 11) is 1.54. The second kappa shape index (κ2) is 7.76. The molecule has 0 aromatic heterocycles. The van der Waals surface area contributed by atoms with Crippen molar-refractivity contribution < 1.29 is 9.53 Å². The fourth-order valence-corrected chi connectivity index (χ4v) is 2.09. The zero-order chi connectivity index (χ0) is 12.7. The highest BCUT2D eigenvalue weighted by molar-refractivity contribution is 14.1. The molecule has 5 heteroatoms. The minimum atomic E-state index is -0.141. The van der Waals surface area contributed by atoms with Gasteiger partial charge >= 0.3 is 0 Å². The average molecular weight is 368 g/mol. The lowest BCUT2D eigenvalue weighted by atomic mass is 10.2. The van der Waals surface area contributed by atoms with Gasteiger partial charge in [-0.05, 0) is 35.5 Å². The van der Waals surface area contributed by atoms with Crippen molar-refractivity contribution in [2.45, 2.75) is 12.8 Å². The molecule has 0 aliphatic rings. The van der Waals surface area contributed by atoms with E-state index >= 15 is 0 Å². The van der Waals surface area contributed by atoms with Crippen molar-refractivity contribution in [1.29, 1.82) is 0 Å². The van der Waals surface area contributed by atoms with E-state index in [1.807, 2.05) is 0 Å². The molecule has 94 valence electrons. The quantitative estimate of drug-likeness (QED) is 0.476. The highest BCUT2D eigenvalue weighted by Crippen LogP contribution is 2.22. The molecule has 0 fully saturated rings. The van der Waals surface area contributed by atoms with Crippen LogP contribution in [0.2, 0.25) is 5.02 Å². The van der Waals surface area contributed by atoms with Crippen LogP contribution in [-0.2, 0) is 0 Å². The largest absolute Gasteiger partial charge is 0.496 e. The summed E-state index contributed by atoms with van der Waals surface area (Å²) in [5.74, 6) is 0.401. The summed E-state index contributed by atoms with van der Waals surface area (Å²) >= 11 is 8.19. The van der Waals surface area contributed by atoms with E-state index in [0.29, 0.717) is 22.9 Å². The highest BCUT2D eigenvalue weighted by Gasteiger charge is 2.11. The van der Waals surface area contributed by atoms with Gasteiger partial charge in [-0.25, -0.2) is 0 Å². The molecule has 1 amide bonds. The summed E-state index contributed by atoms with van der Waals surface area (Å²) in [5, 5.41) is 3.39. The van der Waals surface area contributed by atoms with Crippen LogP contribution < -0.4 is 10.1 Å². The second-order valence-corrected chi connectivity index (χ2v) is 5.01. The van der Waals surface area contributed by atoms with E-state index in [4.69, 9.17) is 16.3 Å². The van der Waals surface area contributed by atoms with Crippen molar-refractivity contribution in [2.24, 2.45) is 0 Å². The number of alkyl halides is 1. The maximum atomic E-state index is 11.9. The fraction of sp³-hybridized carbons (Fsp3) is 0.417. The summed E-state index contributed by atoms with van der Waals surface area (Å²) in [6.07, 6.45) is 2.09. The van der Waals surface area contributed by atoms with Crippen LogP contribution in [0.3, 0.4) is 0 Å². The van der Waals surface area contributed by atoms with Gasteiger partial charge in [0, 0.05) is 11.6 Å². The molecule has 0 spiro atoms. The van der Waals surface area contributed by atoms with Crippen LogP contribution in [0, 0.1) is 0 Å². The van der Waals surface area contributed by atoms with Crippen molar-refractivity contribution in [1.82, 2.24) is 5.32 Å². The molecule has 1 aromatic carbocycles. The topological polar surface area (TPSA) is 38.3 Å². The number of methoxy groups -OCH3 is 1. The van der Waals surface area contributed by atoms with Crippen LogP contribution in [-0.4, -0.2) is 24.0 Å². The summed E-state index contributed by atoms with van der Waals surface area (Å²) < 4.78 is 6.23. The molecular weight excluding hydrogens is 352 g/mol. The van der Waals surface area contributed by atoms with E-state index in [0.717, 1.165) is 17.3 Å². The summed E-state index contributed by atoms with van der Waals surface area (Å²) in [4.78, 5) is 11.9. The average Bonchev–Trinajstić information content (AvgIpc) is 2.34. The lowest BCUT2D eigenvalue weighted by molar-refractivity contribution is 0.0950. The Morgan fingerprint density at radius 2 is 2.24 bits per heavy atom. The third kappa shape index (κ3) is 4.71. The molecule has 0 atom stereocenters. The van der Waals surface area contributed by atoms with Crippen molar-refractivity contribution in [2.75, 3.05) is 18.1 Å². The van der Waals surface area contributed by atoms with E-state index in [2.05, 4.69) is 27.9 Å². The van der Waals surface area contributed by atoms with Gasteiger partial charge in [0.25, 0.3) is 5.91 Å². The molecule has 0 radical (unpaired) electrons. The van der Waals surface area contributed by atoms with Crippen molar-refractivity contribution in [3.63, 3.8) is 0 Å². The molecule has 0 aliphatic heterocycles. The Bertz CT molecular complexity index is 385. The lowest BCUT2D eigenvalue weighted by Gasteiger charge is -2.09. The van der Waals surface area contributed by atoms with Gasteiger partial charge in [-0.2, -0.15) is 0 Å². The van der Waals surface area contributed by atoms with E-state index in [1.165, 1.54) is 7.11 Å². The Balaban J connectivity index is 2.64. The third-order valence-corrected chi connectivity index (χ3v) is 3.25. The first-order chi connectivity index (χ1) is 8.19. The number of unbranched alkanes of at least 4 members (excludes halogenated alkanes) is 1. The van der Waals surface area contributed by atoms with Crippen LogP contribution >= 0.6 is 34.2 Å². The van der Waals surface area contributed by atoms with E-state index in [-0.39, 0.29) is 5.91 Å².